The first-order chi connectivity index (χ1) is 47.0. The van der Waals surface area contributed by atoms with Gasteiger partial charge in [-0.25, -0.2) is 0 Å². The van der Waals surface area contributed by atoms with E-state index in [2.05, 4.69) is 10.6 Å². The molecule has 12 amide bonds. The predicted molar refractivity (Wildman–Crippen MR) is 371 cm³/mol. The average molecular weight is 1430 g/mol. The van der Waals surface area contributed by atoms with Gasteiger partial charge >= 0.3 is 6.18 Å². The van der Waals surface area contributed by atoms with Gasteiger partial charge in [-0.3, -0.25) is 57.5 Å². The fourth-order valence-corrected chi connectivity index (χ4v) is 15.5. The summed E-state index contributed by atoms with van der Waals surface area (Å²) in [6.07, 6.45) is 5.28. The summed E-state index contributed by atoms with van der Waals surface area (Å²) >= 11 is 6.16. The number of rotatable bonds is 31. The van der Waals surface area contributed by atoms with E-state index in [-0.39, 0.29) is 81.7 Å². The average Bonchev–Trinajstić information content (AvgIpc) is 1.41. The van der Waals surface area contributed by atoms with Gasteiger partial charge in [0.15, 0.2) is 0 Å². The molecular formula is C72H112ClF3N12O12. The van der Waals surface area contributed by atoms with Crippen LogP contribution in [0.2, 0.25) is 5.02 Å². The Bertz CT molecular complexity index is 3100. The molecule has 2 saturated carbocycles. The summed E-state index contributed by atoms with van der Waals surface area (Å²) in [5.41, 5.74) is 3.36. The summed E-state index contributed by atoms with van der Waals surface area (Å²) in [6.45, 7) is 13.2. The number of halogens is 4. The highest BCUT2D eigenvalue weighted by Crippen LogP contribution is 2.38. The number of hydrogen-bond donors (Lipinski definition) is 3. The van der Waals surface area contributed by atoms with Gasteiger partial charge in [0.05, 0.1) is 23.6 Å². The Morgan fingerprint density at radius 3 is 1.83 bits per heavy atom. The number of nitrogens with two attached hydrogens (primary N) is 1. The van der Waals surface area contributed by atoms with Gasteiger partial charge in [0.1, 0.15) is 53.9 Å². The molecule has 1 aromatic carbocycles. The molecule has 5 fully saturated rings. The van der Waals surface area contributed by atoms with Crippen molar-refractivity contribution < 1.29 is 70.7 Å². The lowest BCUT2D eigenvalue weighted by Gasteiger charge is -2.45. The van der Waals surface area contributed by atoms with Crippen LogP contribution in [0.3, 0.4) is 0 Å². The number of amides is 12. The molecule has 1 unspecified atom stereocenters. The van der Waals surface area contributed by atoms with Gasteiger partial charge in [-0.15, -0.1) is 0 Å². The van der Waals surface area contributed by atoms with Gasteiger partial charge in [-0.1, -0.05) is 117 Å². The molecule has 100 heavy (non-hydrogen) atoms. The number of primary amides is 1. The number of benzene rings is 1. The van der Waals surface area contributed by atoms with Crippen molar-refractivity contribution in [2.45, 2.75) is 250 Å². The second-order valence-corrected chi connectivity index (χ2v) is 29.8. The highest BCUT2D eigenvalue weighted by Gasteiger charge is 2.51. The number of aryl methyl sites for hydroxylation is 1. The number of nitrogens with zero attached hydrogens (tertiary/aromatic N) is 9. The van der Waals surface area contributed by atoms with Crippen molar-refractivity contribution in [3.05, 3.63) is 34.3 Å². The second kappa shape index (κ2) is 36.2. The van der Waals surface area contributed by atoms with Crippen LogP contribution in [0.4, 0.5) is 13.2 Å². The molecule has 0 spiro atoms. The van der Waals surface area contributed by atoms with Gasteiger partial charge in [0.25, 0.3) is 0 Å². The van der Waals surface area contributed by atoms with Crippen LogP contribution in [0.15, 0.2) is 18.2 Å². The van der Waals surface area contributed by atoms with Crippen LogP contribution in [0, 0.1) is 23.7 Å². The standard InChI is InChI=1S/C72H112ClF3N12O12/c1-14-25-53(61(77)91)82(10)59(90)42-57(68(98)86-36-22-17-23-37-86)84(12)69(99)60(44(3)4)85(13)70(100)71(34-20-21-35-71)79-62(92)54-28-24-38-87(54)65(95)52(32-30-49-29-31-50(51(73)40-49)72(74,75)76)78-58(89)43-80(8)66(96)56(41-48-26-18-16-19-27-48)83(11)67(97)55-33-39-88(55)64(94)47(7)81(9)63(93)46(6)45(5)15-2/h29,31,40,44-48,52-57,60H,14-28,30,32-39,41-43H2,1-13H3,(H2,77,91)(H,78,89)(H,79,92)/t45-,46?,47-,52-,53-,54-,55-,56-,57-,60-/m0/s1. The molecule has 1 aromatic rings. The van der Waals surface area contributed by atoms with Crippen molar-refractivity contribution in [1.82, 2.24) is 54.7 Å². The van der Waals surface area contributed by atoms with Crippen molar-refractivity contribution in [3.63, 3.8) is 0 Å². The molecule has 2 aliphatic carbocycles. The predicted octanol–water partition coefficient (Wildman–Crippen LogP) is 6.41. The largest absolute Gasteiger partial charge is 0.417 e. The fraction of sp³-hybridized carbons (Fsp3) is 0.750. The Morgan fingerprint density at radius 1 is 0.650 bits per heavy atom. The van der Waals surface area contributed by atoms with Crippen LogP contribution in [-0.4, -0.2) is 244 Å². The Morgan fingerprint density at radius 2 is 1.27 bits per heavy atom. The summed E-state index contributed by atoms with van der Waals surface area (Å²) in [4.78, 5) is 185. The number of hydrogen-bond acceptors (Lipinski definition) is 12. The Labute approximate surface area is 594 Å². The molecule has 3 aliphatic heterocycles. The van der Waals surface area contributed by atoms with Crippen molar-refractivity contribution >= 4 is 82.5 Å². The maximum atomic E-state index is 15.3. The number of carbonyl (C=O) groups excluding carboxylic acids is 12. The smallest absolute Gasteiger partial charge is 0.368 e. The summed E-state index contributed by atoms with van der Waals surface area (Å²) in [7, 11) is 8.78. The zero-order valence-corrected chi connectivity index (χ0v) is 62.0. The fourth-order valence-electron chi connectivity index (χ4n) is 15.2. The van der Waals surface area contributed by atoms with Crippen LogP contribution >= 0.6 is 11.6 Å². The zero-order valence-electron chi connectivity index (χ0n) is 61.3. The number of nitrogens with one attached hydrogen (secondary N) is 2. The molecule has 6 rings (SSSR count). The van der Waals surface area contributed by atoms with Gasteiger partial charge in [-0.05, 0) is 119 Å². The first kappa shape index (κ1) is 81.9. The molecule has 3 saturated heterocycles. The molecule has 0 aromatic heterocycles. The third kappa shape index (κ3) is 19.8. The minimum atomic E-state index is -4.76. The van der Waals surface area contributed by atoms with Crippen molar-refractivity contribution in [2.75, 3.05) is 75.0 Å². The van der Waals surface area contributed by atoms with E-state index in [0.717, 1.165) is 74.8 Å². The van der Waals surface area contributed by atoms with E-state index in [4.69, 9.17) is 17.3 Å². The van der Waals surface area contributed by atoms with Crippen LogP contribution in [0.25, 0.3) is 0 Å². The van der Waals surface area contributed by atoms with Crippen LogP contribution < -0.4 is 16.4 Å². The number of carbonyl (C=O) groups is 12. The molecule has 3 heterocycles. The van der Waals surface area contributed by atoms with E-state index in [0.29, 0.717) is 50.8 Å². The molecule has 560 valence electrons. The molecule has 0 bridgehead atoms. The highest BCUT2D eigenvalue weighted by molar-refractivity contribution is 6.31. The minimum absolute atomic E-state index is 0.0285. The quantitative estimate of drug-likeness (QED) is 0.0728. The Balaban J connectivity index is 1.23. The number of likely N-dealkylation sites (tertiary alicyclic amines) is 3. The topological polar surface area (TPSA) is 284 Å². The highest BCUT2D eigenvalue weighted by atomic mass is 35.5. The number of piperidine rings is 1. The molecule has 4 N–H and O–H groups in total. The van der Waals surface area contributed by atoms with Gasteiger partial charge < -0.3 is 60.5 Å². The van der Waals surface area contributed by atoms with E-state index < -0.39 is 154 Å². The maximum Gasteiger partial charge on any atom is 0.417 e. The van der Waals surface area contributed by atoms with Crippen LogP contribution in [-0.2, 0) is 70.1 Å². The van der Waals surface area contributed by atoms with E-state index in [1.165, 1.54) is 75.6 Å². The first-order valence-corrected chi connectivity index (χ1v) is 36.6. The monoisotopic (exact) mass is 1430 g/mol. The van der Waals surface area contributed by atoms with Gasteiger partial charge in [0.2, 0.25) is 70.9 Å². The van der Waals surface area contributed by atoms with Crippen molar-refractivity contribution in [3.8, 4) is 0 Å². The summed E-state index contributed by atoms with van der Waals surface area (Å²) in [5.74, 6) is -7.62. The van der Waals surface area contributed by atoms with E-state index in [1.54, 1.807) is 32.7 Å². The summed E-state index contributed by atoms with van der Waals surface area (Å²) in [5, 5.41) is 5.20. The number of likely N-dealkylation sites (N-methyl/N-ethyl adjacent to an activating group) is 6. The second-order valence-electron chi connectivity index (χ2n) is 29.3. The third-order valence-corrected chi connectivity index (χ3v) is 22.5. The molecule has 0 radical (unpaired) electrons. The lowest BCUT2D eigenvalue weighted by molar-refractivity contribution is -0.160. The van der Waals surface area contributed by atoms with E-state index in [9.17, 15) is 56.3 Å². The van der Waals surface area contributed by atoms with Gasteiger partial charge in [-0.2, -0.15) is 13.2 Å². The Hall–Kier alpha value is -7.06. The van der Waals surface area contributed by atoms with Crippen molar-refractivity contribution in [2.24, 2.45) is 29.4 Å². The summed E-state index contributed by atoms with van der Waals surface area (Å²) < 4.78 is 41.6. The van der Waals surface area contributed by atoms with Gasteiger partial charge in [0, 0.05) is 74.4 Å². The normalized spacial score (nSPS) is 20.3. The number of alkyl halides is 3. The van der Waals surface area contributed by atoms with Crippen LogP contribution in [0.5, 0.6) is 0 Å². The SMILES string of the molecule is CCC[C@@H](C(N)=O)N(C)C(=O)C[C@@H](C(=O)N1CCCCC1)N(C)C(=O)[C@H](C(C)C)N(C)C(=O)C1(NC(=O)[C@@H]2CCCN2C(=O)[C@H](CCc2ccc(C(F)(F)F)c(Cl)c2)NC(=O)CN(C)C(=O)[C@H](CC2CCCCC2)N(C)C(=O)[C@@H]2CCN2C(=O)[C@H](C)N(C)C(=O)C(C)[C@@H](C)CC)CCCC1. The molecule has 10 atom stereocenters. The Kier molecular flexibility index (Phi) is 29.6. The molecule has 28 heteroatoms. The lowest BCUT2D eigenvalue weighted by atomic mass is 9.84. The van der Waals surface area contributed by atoms with E-state index in [1.807, 2.05) is 27.7 Å². The molecular weight excluding hydrogens is 1320 g/mol. The first-order valence-electron chi connectivity index (χ1n) is 36.3. The minimum Gasteiger partial charge on any atom is -0.368 e. The summed E-state index contributed by atoms with van der Waals surface area (Å²) in [6, 6.07) is -5.80. The maximum absolute atomic E-state index is 15.3. The molecule has 5 aliphatic rings. The van der Waals surface area contributed by atoms with E-state index >= 15 is 14.4 Å². The van der Waals surface area contributed by atoms with Crippen molar-refractivity contribution in [1.29, 1.82) is 0 Å². The lowest BCUT2D eigenvalue weighted by Crippen LogP contribution is -2.65. The molecule has 24 nitrogen and oxygen atoms in total. The third-order valence-electron chi connectivity index (χ3n) is 22.2. The zero-order chi connectivity index (χ0) is 74.4. The van der Waals surface area contributed by atoms with Crippen LogP contribution in [0.1, 0.15) is 194 Å².